The molecule has 0 aromatic heterocycles. The van der Waals surface area contributed by atoms with Gasteiger partial charge in [-0.15, -0.1) is 0 Å². The summed E-state index contributed by atoms with van der Waals surface area (Å²) in [6.45, 7) is 0.529. The number of carbonyl (C=O) groups excluding carboxylic acids is 1. The average molecular weight is 325 g/mol. The number of unbranched alkanes of at least 4 members (excludes halogenated alkanes) is 3. The summed E-state index contributed by atoms with van der Waals surface area (Å²) in [5, 5.41) is 11.3. The van der Waals surface area contributed by atoms with E-state index >= 15 is 0 Å². The van der Waals surface area contributed by atoms with Crippen molar-refractivity contribution in [3.05, 3.63) is 35.4 Å². The van der Waals surface area contributed by atoms with Gasteiger partial charge in [-0.3, -0.25) is 9.59 Å². The van der Waals surface area contributed by atoms with Crippen molar-refractivity contribution in [1.29, 1.82) is 0 Å². The first-order valence-electron chi connectivity index (χ1n) is 7.93. The second-order valence-corrected chi connectivity index (χ2v) is 5.96. The monoisotopic (exact) mass is 325 g/mol. The van der Waals surface area contributed by atoms with Gasteiger partial charge < -0.3 is 10.4 Å². The number of aliphatic carboxylic acids is 1. The second-order valence-electron chi connectivity index (χ2n) is 5.96. The molecule has 0 aliphatic heterocycles. The molecule has 23 heavy (non-hydrogen) atoms. The van der Waals surface area contributed by atoms with Crippen LogP contribution in [0.4, 0.5) is 8.78 Å². The lowest BCUT2D eigenvalue weighted by Gasteiger charge is -2.06. The normalized spacial score (nSPS) is 19.4. The first-order valence-corrected chi connectivity index (χ1v) is 7.93. The molecule has 2 N–H and O–H groups in total. The summed E-state index contributed by atoms with van der Waals surface area (Å²) in [7, 11) is 0. The molecule has 1 saturated carbocycles. The number of carbonyl (C=O) groups is 2. The fourth-order valence-corrected chi connectivity index (χ4v) is 2.72. The third kappa shape index (κ3) is 5.30. The maximum absolute atomic E-state index is 13.6. The van der Waals surface area contributed by atoms with Gasteiger partial charge in [-0.05, 0) is 48.9 Å². The summed E-state index contributed by atoms with van der Waals surface area (Å²) in [5.74, 6) is -2.38. The molecule has 4 nitrogen and oxygen atoms in total. The quantitative estimate of drug-likeness (QED) is 0.685. The third-order valence-corrected chi connectivity index (χ3v) is 4.10. The lowest BCUT2D eigenvalue weighted by molar-refractivity contribution is -0.137. The molecule has 2 atom stereocenters. The fourth-order valence-electron chi connectivity index (χ4n) is 2.72. The van der Waals surface area contributed by atoms with Crippen LogP contribution in [0.2, 0.25) is 0 Å². The zero-order valence-corrected chi connectivity index (χ0v) is 12.9. The summed E-state index contributed by atoms with van der Waals surface area (Å²) in [6.07, 6.45) is 3.84. The molecule has 1 aromatic rings. The average Bonchev–Trinajstić information content (AvgIpc) is 3.28. The highest BCUT2D eigenvalue weighted by Gasteiger charge is 2.45. The summed E-state index contributed by atoms with van der Waals surface area (Å²) in [5.41, 5.74) is 0.277. The molecule has 2 unspecified atom stereocenters. The molecule has 1 fully saturated rings. The summed E-state index contributed by atoms with van der Waals surface area (Å²) < 4.78 is 26.8. The summed E-state index contributed by atoms with van der Waals surface area (Å²) in [4.78, 5) is 22.3. The molecule has 6 heteroatoms. The highest BCUT2D eigenvalue weighted by Crippen LogP contribution is 2.48. The van der Waals surface area contributed by atoms with Crippen molar-refractivity contribution in [2.24, 2.45) is 5.92 Å². The van der Waals surface area contributed by atoms with Crippen LogP contribution in [0.5, 0.6) is 0 Å². The molecule has 1 amide bonds. The van der Waals surface area contributed by atoms with Crippen molar-refractivity contribution in [3.63, 3.8) is 0 Å². The number of carboxylic acids is 1. The van der Waals surface area contributed by atoms with Crippen molar-refractivity contribution < 1.29 is 23.5 Å². The number of rotatable bonds is 9. The fraction of sp³-hybridized carbons (Fsp3) is 0.529. The van der Waals surface area contributed by atoms with Crippen LogP contribution in [-0.2, 0) is 9.59 Å². The third-order valence-electron chi connectivity index (χ3n) is 4.10. The van der Waals surface area contributed by atoms with E-state index in [9.17, 15) is 18.4 Å². The minimum atomic E-state index is -0.789. The van der Waals surface area contributed by atoms with Gasteiger partial charge in [0.05, 0.1) is 0 Å². The highest BCUT2D eigenvalue weighted by molar-refractivity contribution is 5.82. The van der Waals surface area contributed by atoms with E-state index in [0.717, 1.165) is 37.5 Å². The van der Waals surface area contributed by atoms with Crippen LogP contribution in [0.25, 0.3) is 0 Å². The molecular weight excluding hydrogens is 304 g/mol. The molecule has 1 aromatic carbocycles. The molecule has 0 radical (unpaired) electrons. The number of hydrogen-bond acceptors (Lipinski definition) is 2. The van der Waals surface area contributed by atoms with Crippen molar-refractivity contribution in [1.82, 2.24) is 5.32 Å². The Balaban J connectivity index is 1.64. The van der Waals surface area contributed by atoms with Crippen LogP contribution in [0.3, 0.4) is 0 Å². The van der Waals surface area contributed by atoms with Crippen molar-refractivity contribution in [2.75, 3.05) is 6.54 Å². The van der Waals surface area contributed by atoms with Crippen LogP contribution >= 0.6 is 0 Å². The van der Waals surface area contributed by atoms with Crippen LogP contribution in [0.1, 0.15) is 50.0 Å². The molecule has 1 aliphatic carbocycles. The minimum absolute atomic E-state index is 0.121. The Labute approximate surface area is 133 Å². The number of carboxylic acid groups (broad SMARTS) is 1. The van der Waals surface area contributed by atoms with Gasteiger partial charge in [-0.1, -0.05) is 12.8 Å². The second kappa shape index (κ2) is 8.04. The van der Waals surface area contributed by atoms with Crippen molar-refractivity contribution in [2.45, 2.75) is 44.4 Å². The Morgan fingerprint density at radius 2 is 1.91 bits per heavy atom. The van der Waals surface area contributed by atoms with E-state index in [-0.39, 0.29) is 29.7 Å². The first kappa shape index (κ1) is 17.4. The Bertz CT molecular complexity index is 577. The zero-order chi connectivity index (χ0) is 16.8. The van der Waals surface area contributed by atoms with E-state index in [4.69, 9.17) is 5.11 Å². The van der Waals surface area contributed by atoms with Crippen molar-refractivity contribution >= 4 is 11.9 Å². The Kier molecular flexibility index (Phi) is 6.07. The number of hydrogen-bond donors (Lipinski definition) is 2. The predicted octanol–water partition coefficient (Wildman–Crippen LogP) is 3.22. The summed E-state index contributed by atoms with van der Waals surface area (Å²) >= 11 is 0. The Hall–Kier alpha value is -1.98. The maximum atomic E-state index is 13.6. The van der Waals surface area contributed by atoms with Gasteiger partial charge in [0.25, 0.3) is 0 Å². The minimum Gasteiger partial charge on any atom is -0.481 e. The molecule has 0 heterocycles. The number of benzene rings is 1. The number of amides is 1. The van der Waals surface area contributed by atoms with Gasteiger partial charge in [0.1, 0.15) is 11.6 Å². The highest BCUT2D eigenvalue weighted by atomic mass is 19.1. The first-order chi connectivity index (χ1) is 11.0. The van der Waals surface area contributed by atoms with Gasteiger partial charge in [0.15, 0.2) is 0 Å². The van der Waals surface area contributed by atoms with Crippen LogP contribution in [-0.4, -0.2) is 23.5 Å². The zero-order valence-electron chi connectivity index (χ0n) is 12.9. The topological polar surface area (TPSA) is 66.4 Å². The predicted molar refractivity (Wildman–Crippen MR) is 80.9 cm³/mol. The molecule has 0 spiro atoms. The lowest BCUT2D eigenvalue weighted by atomic mass is 10.1. The van der Waals surface area contributed by atoms with Crippen molar-refractivity contribution in [3.8, 4) is 0 Å². The van der Waals surface area contributed by atoms with Crippen LogP contribution < -0.4 is 5.32 Å². The summed E-state index contributed by atoms with van der Waals surface area (Å²) in [6, 6.07) is 3.32. The molecule has 0 bridgehead atoms. The van der Waals surface area contributed by atoms with E-state index in [0.29, 0.717) is 19.4 Å². The molecule has 2 rings (SSSR count). The van der Waals surface area contributed by atoms with E-state index in [2.05, 4.69) is 5.32 Å². The Morgan fingerprint density at radius 1 is 1.17 bits per heavy atom. The molecule has 126 valence electrons. The van der Waals surface area contributed by atoms with Crippen LogP contribution in [0.15, 0.2) is 18.2 Å². The van der Waals surface area contributed by atoms with E-state index in [1.807, 2.05) is 0 Å². The van der Waals surface area contributed by atoms with Gasteiger partial charge in [0.2, 0.25) is 5.91 Å². The lowest BCUT2D eigenvalue weighted by Crippen LogP contribution is -2.26. The standard InChI is InChI=1S/C17H21F2NO3/c18-11-6-7-15(19)13(9-11)12-10-14(12)17(23)20-8-4-2-1-3-5-16(21)22/h6-7,9,12,14H,1-5,8,10H2,(H,20,23)(H,21,22). The number of nitrogens with one attached hydrogen (secondary N) is 1. The van der Waals surface area contributed by atoms with Gasteiger partial charge >= 0.3 is 5.97 Å². The van der Waals surface area contributed by atoms with E-state index in [1.54, 1.807) is 0 Å². The van der Waals surface area contributed by atoms with E-state index in [1.165, 1.54) is 0 Å². The van der Waals surface area contributed by atoms with Gasteiger partial charge in [0, 0.05) is 18.9 Å². The smallest absolute Gasteiger partial charge is 0.303 e. The molecule has 0 saturated heterocycles. The van der Waals surface area contributed by atoms with Crippen LogP contribution in [0, 0.1) is 17.6 Å². The number of halogens is 2. The Morgan fingerprint density at radius 3 is 2.65 bits per heavy atom. The van der Waals surface area contributed by atoms with Gasteiger partial charge in [-0.2, -0.15) is 0 Å². The maximum Gasteiger partial charge on any atom is 0.303 e. The van der Waals surface area contributed by atoms with E-state index < -0.39 is 17.6 Å². The molecule has 1 aliphatic rings. The van der Waals surface area contributed by atoms with Gasteiger partial charge in [-0.25, -0.2) is 8.78 Å². The SMILES string of the molecule is O=C(O)CCCCCCNC(=O)C1CC1c1cc(F)ccc1F. The largest absolute Gasteiger partial charge is 0.481 e. The molecular formula is C17H21F2NO3.